The minimum atomic E-state index is 0.0843. The third kappa shape index (κ3) is 2.97. The van der Waals surface area contributed by atoms with E-state index in [1.54, 1.807) is 9.80 Å². The predicted octanol–water partition coefficient (Wildman–Crippen LogP) is -0.323. The van der Waals surface area contributed by atoms with Crippen LogP contribution in [-0.2, 0) is 9.59 Å². The molecule has 0 radical (unpaired) electrons. The van der Waals surface area contributed by atoms with Gasteiger partial charge in [-0.3, -0.25) is 9.59 Å². The molecule has 2 rings (SSSR count). The van der Waals surface area contributed by atoms with Crippen LogP contribution >= 0.6 is 0 Å². The Labute approximate surface area is 102 Å². The molecule has 96 valence electrons. The fraction of sp³-hybridized carbons (Fsp3) is 0.833. The maximum Gasteiger partial charge on any atom is 0.242 e. The number of nitrogens with one attached hydrogen (secondary N) is 1. The van der Waals surface area contributed by atoms with E-state index >= 15 is 0 Å². The van der Waals surface area contributed by atoms with Gasteiger partial charge in [0.25, 0.3) is 0 Å². The van der Waals surface area contributed by atoms with Gasteiger partial charge in [0.15, 0.2) is 0 Å². The summed E-state index contributed by atoms with van der Waals surface area (Å²) in [5, 5.41) is 3.31. The Kier molecular flexibility index (Phi) is 3.99. The van der Waals surface area contributed by atoms with E-state index in [4.69, 9.17) is 0 Å². The molecule has 1 N–H and O–H groups in total. The fourth-order valence-electron chi connectivity index (χ4n) is 2.53. The van der Waals surface area contributed by atoms with Gasteiger partial charge in [-0.25, -0.2) is 0 Å². The van der Waals surface area contributed by atoms with E-state index in [2.05, 4.69) is 5.32 Å². The van der Waals surface area contributed by atoms with Crippen molar-refractivity contribution in [3.63, 3.8) is 0 Å². The minimum Gasteiger partial charge on any atom is -0.332 e. The Hall–Kier alpha value is -1.10. The van der Waals surface area contributed by atoms with E-state index in [0.717, 1.165) is 32.5 Å². The maximum atomic E-state index is 11.9. The number of carbonyl (C=O) groups excluding carboxylic acids is 2. The number of hydrogen-bond donors (Lipinski definition) is 1. The molecule has 0 saturated carbocycles. The molecule has 0 aliphatic carbocycles. The highest BCUT2D eigenvalue weighted by molar-refractivity contribution is 5.92. The number of rotatable bonds is 3. The standard InChI is InChI=1S/C12H21N3O2/c1-2-14-8-12(17)15(9-11(14)16)7-10-3-5-13-6-4-10/h10,13H,2-9H2,1H3. The number of piperazine rings is 1. The Bertz CT molecular complexity index is 300. The van der Waals surface area contributed by atoms with E-state index in [1.807, 2.05) is 6.92 Å². The highest BCUT2D eigenvalue weighted by Crippen LogP contribution is 2.15. The van der Waals surface area contributed by atoms with Crippen LogP contribution in [0.4, 0.5) is 0 Å². The van der Waals surface area contributed by atoms with Crippen LogP contribution in [-0.4, -0.2) is 60.9 Å². The molecule has 2 amide bonds. The summed E-state index contributed by atoms with van der Waals surface area (Å²) in [6.45, 7) is 5.89. The lowest BCUT2D eigenvalue weighted by atomic mass is 9.97. The van der Waals surface area contributed by atoms with Crippen molar-refractivity contribution in [1.82, 2.24) is 15.1 Å². The predicted molar refractivity (Wildman–Crippen MR) is 64.4 cm³/mol. The second-order valence-corrected chi connectivity index (χ2v) is 4.88. The Morgan fingerprint density at radius 2 is 1.71 bits per heavy atom. The molecule has 0 atom stereocenters. The molecular formula is C12H21N3O2. The molecule has 2 fully saturated rings. The van der Waals surface area contributed by atoms with Crippen molar-refractivity contribution in [3.8, 4) is 0 Å². The summed E-state index contributed by atoms with van der Waals surface area (Å²) in [6.07, 6.45) is 2.21. The van der Waals surface area contributed by atoms with Gasteiger partial charge in [0, 0.05) is 13.1 Å². The van der Waals surface area contributed by atoms with Crippen LogP contribution in [0.5, 0.6) is 0 Å². The number of amides is 2. The Balaban J connectivity index is 1.88. The molecule has 0 spiro atoms. The van der Waals surface area contributed by atoms with Gasteiger partial charge in [-0.05, 0) is 38.8 Å². The minimum absolute atomic E-state index is 0.0843. The van der Waals surface area contributed by atoms with Crippen LogP contribution in [0, 0.1) is 5.92 Å². The zero-order valence-corrected chi connectivity index (χ0v) is 10.4. The molecule has 2 heterocycles. The Morgan fingerprint density at radius 1 is 1.12 bits per heavy atom. The quantitative estimate of drug-likeness (QED) is 0.734. The second-order valence-electron chi connectivity index (χ2n) is 4.88. The lowest BCUT2D eigenvalue weighted by Gasteiger charge is -2.36. The van der Waals surface area contributed by atoms with Crippen LogP contribution in [0.2, 0.25) is 0 Å². The van der Waals surface area contributed by atoms with Gasteiger partial charge in [-0.1, -0.05) is 0 Å². The SMILES string of the molecule is CCN1CC(=O)N(CC2CCNCC2)CC1=O. The first-order valence-electron chi connectivity index (χ1n) is 6.47. The normalized spacial score (nSPS) is 23.4. The van der Waals surface area contributed by atoms with Crippen LogP contribution in [0.1, 0.15) is 19.8 Å². The molecule has 2 aliphatic rings. The van der Waals surface area contributed by atoms with Crippen LogP contribution in [0.25, 0.3) is 0 Å². The van der Waals surface area contributed by atoms with Gasteiger partial charge in [0.1, 0.15) is 0 Å². The van der Waals surface area contributed by atoms with Crippen molar-refractivity contribution in [2.45, 2.75) is 19.8 Å². The summed E-state index contributed by atoms with van der Waals surface area (Å²) < 4.78 is 0. The first kappa shape index (κ1) is 12.4. The van der Waals surface area contributed by atoms with Crippen molar-refractivity contribution < 1.29 is 9.59 Å². The average Bonchev–Trinajstić information content (AvgIpc) is 2.34. The Morgan fingerprint density at radius 3 is 2.35 bits per heavy atom. The largest absolute Gasteiger partial charge is 0.332 e. The summed E-state index contributed by atoms with van der Waals surface area (Å²) >= 11 is 0. The summed E-state index contributed by atoms with van der Waals surface area (Å²) in [7, 11) is 0. The van der Waals surface area contributed by atoms with Crippen molar-refractivity contribution >= 4 is 11.8 Å². The summed E-state index contributed by atoms with van der Waals surface area (Å²) in [5.74, 6) is 0.743. The molecule has 0 unspecified atom stereocenters. The van der Waals surface area contributed by atoms with Crippen molar-refractivity contribution in [2.75, 3.05) is 39.3 Å². The van der Waals surface area contributed by atoms with Gasteiger partial charge in [-0.2, -0.15) is 0 Å². The molecule has 5 nitrogen and oxygen atoms in total. The van der Waals surface area contributed by atoms with Gasteiger partial charge in [0.2, 0.25) is 11.8 Å². The first-order chi connectivity index (χ1) is 8.20. The van der Waals surface area contributed by atoms with E-state index < -0.39 is 0 Å². The fourth-order valence-corrected chi connectivity index (χ4v) is 2.53. The molecule has 2 saturated heterocycles. The molecule has 5 heteroatoms. The highest BCUT2D eigenvalue weighted by Gasteiger charge is 2.30. The molecule has 0 aromatic rings. The van der Waals surface area contributed by atoms with Crippen molar-refractivity contribution in [3.05, 3.63) is 0 Å². The van der Waals surface area contributed by atoms with Crippen molar-refractivity contribution in [1.29, 1.82) is 0 Å². The van der Waals surface area contributed by atoms with Crippen molar-refractivity contribution in [2.24, 2.45) is 5.92 Å². The second kappa shape index (κ2) is 5.49. The summed E-state index contributed by atoms with van der Waals surface area (Å²) in [4.78, 5) is 27.0. The van der Waals surface area contributed by atoms with Gasteiger partial charge < -0.3 is 15.1 Å². The average molecular weight is 239 g/mol. The van der Waals surface area contributed by atoms with E-state index in [1.165, 1.54) is 0 Å². The number of piperidine rings is 1. The zero-order chi connectivity index (χ0) is 12.3. The third-order valence-corrected chi connectivity index (χ3v) is 3.68. The summed E-state index contributed by atoms with van der Waals surface area (Å²) in [5.41, 5.74) is 0. The lowest BCUT2D eigenvalue weighted by molar-refractivity contribution is -0.150. The highest BCUT2D eigenvalue weighted by atomic mass is 16.2. The van der Waals surface area contributed by atoms with Crippen LogP contribution in [0.3, 0.4) is 0 Å². The molecule has 0 aromatic carbocycles. The molecule has 0 bridgehead atoms. The maximum absolute atomic E-state index is 11.9. The van der Waals surface area contributed by atoms with E-state index in [-0.39, 0.29) is 24.9 Å². The third-order valence-electron chi connectivity index (χ3n) is 3.68. The van der Waals surface area contributed by atoms with Gasteiger partial charge in [0.05, 0.1) is 13.1 Å². The monoisotopic (exact) mass is 239 g/mol. The number of carbonyl (C=O) groups is 2. The number of likely N-dealkylation sites (N-methyl/N-ethyl adjacent to an activating group) is 1. The van der Waals surface area contributed by atoms with E-state index in [9.17, 15) is 9.59 Å². The smallest absolute Gasteiger partial charge is 0.242 e. The molecular weight excluding hydrogens is 218 g/mol. The number of hydrogen-bond acceptors (Lipinski definition) is 3. The summed E-state index contributed by atoms with van der Waals surface area (Å²) in [6, 6.07) is 0. The molecule has 0 aromatic heterocycles. The zero-order valence-electron chi connectivity index (χ0n) is 10.4. The molecule has 2 aliphatic heterocycles. The first-order valence-corrected chi connectivity index (χ1v) is 6.47. The van der Waals surface area contributed by atoms with Crippen LogP contribution < -0.4 is 5.32 Å². The lowest BCUT2D eigenvalue weighted by Crippen LogP contribution is -2.55. The van der Waals surface area contributed by atoms with Gasteiger partial charge in [-0.15, -0.1) is 0 Å². The topological polar surface area (TPSA) is 52.7 Å². The number of nitrogens with zero attached hydrogens (tertiary/aromatic N) is 2. The van der Waals surface area contributed by atoms with Crippen LogP contribution in [0.15, 0.2) is 0 Å². The van der Waals surface area contributed by atoms with E-state index in [0.29, 0.717) is 12.5 Å². The van der Waals surface area contributed by atoms with Gasteiger partial charge >= 0.3 is 0 Å². The molecule has 17 heavy (non-hydrogen) atoms.